The minimum absolute atomic E-state index is 0.0952. The zero-order valence-electron chi connectivity index (χ0n) is 18.8. The van der Waals surface area contributed by atoms with E-state index in [0.29, 0.717) is 23.4 Å². The van der Waals surface area contributed by atoms with Crippen molar-refractivity contribution in [1.29, 1.82) is 0 Å². The van der Waals surface area contributed by atoms with Gasteiger partial charge in [-0.2, -0.15) is 0 Å². The quantitative estimate of drug-likeness (QED) is 0.758. The molecule has 4 bridgehead atoms. The summed E-state index contributed by atoms with van der Waals surface area (Å²) in [7, 11) is 2.13. The molecule has 1 unspecified atom stereocenters. The number of nitrogens with zero attached hydrogens (tertiary/aromatic N) is 3. The molecule has 1 aromatic rings. The summed E-state index contributed by atoms with van der Waals surface area (Å²) >= 11 is 0. The minimum Gasteiger partial charge on any atom is -0.354 e. The fourth-order valence-electron chi connectivity index (χ4n) is 6.74. The largest absolute Gasteiger partial charge is 0.354 e. The third-order valence-corrected chi connectivity index (χ3v) is 8.10. The molecule has 0 spiro atoms. The van der Waals surface area contributed by atoms with E-state index < -0.39 is 6.04 Å². The number of hydrogen-bond donors (Lipinski definition) is 2. The van der Waals surface area contributed by atoms with Crippen molar-refractivity contribution in [2.75, 3.05) is 43.4 Å². The topological polar surface area (TPSA) is 77.6 Å². The Morgan fingerprint density at radius 2 is 1.65 bits per heavy atom. The van der Waals surface area contributed by atoms with Crippen LogP contribution in [0.15, 0.2) is 18.3 Å². The van der Waals surface area contributed by atoms with Crippen LogP contribution in [0.1, 0.15) is 45.4 Å². The third-order valence-electron chi connectivity index (χ3n) is 8.10. The summed E-state index contributed by atoms with van der Waals surface area (Å²) in [5.74, 6) is 2.99. The standard InChI is InChI=1S/C24H35N5O2/c1-16(26-23(31)24-12-17-9-18(13-24)11-19(10-17)14-24)22(30)27-20-3-4-21(25-15-20)29-7-5-28(2)6-8-29/h3-4,15-19H,5-14H2,1-2H3,(H,26,31)(H,27,30). The molecule has 7 nitrogen and oxygen atoms in total. The molecule has 2 heterocycles. The van der Waals surface area contributed by atoms with Gasteiger partial charge in [-0.1, -0.05) is 0 Å². The van der Waals surface area contributed by atoms with Crippen molar-refractivity contribution in [1.82, 2.24) is 15.2 Å². The molecule has 2 amide bonds. The number of pyridine rings is 1. The van der Waals surface area contributed by atoms with Gasteiger partial charge in [0.05, 0.1) is 11.9 Å². The van der Waals surface area contributed by atoms with Crippen LogP contribution in [0, 0.1) is 23.2 Å². The van der Waals surface area contributed by atoms with E-state index in [9.17, 15) is 9.59 Å². The molecule has 5 aliphatic rings. The second-order valence-electron chi connectivity index (χ2n) is 10.6. The Morgan fingerprint density at radius 1 is 1.03 bits per heavy atom. The van der Waals surface area contributed by atoms with Crippen molar-refractivity contribution >= 4 is 23.3 Å². The van der Waals surface area contributed by atoms with E-state index in [4.69, 9.17) is 0 Å². The number of carbonyl (C=O) groups is 2. The lowest BCUT2D eigenvalue weighted by Crippen LogP contribution is -2.56. The van der Waals surface area contributed by atoms with Crippen LogP contribution in [0.4, 0.5) is 11.5 Å². The third kappa shape index (κ3) is 4.16. The molecule has 6 rings (SSSR count). The summed E-state index contributed by atoms with van der Waals surface area (Å²) in [6.45, 7) is 5.76. The number of piperazine rings is 1. The Morgan fingerprint density at radius 3 is 2.19 bits per heavy atom. The summed E-state index contributed by atoms with van der Waals surface area (Å²) in [5, 5.41) is 5.96. The fourth-order valence-corrected chi connectivity index (χ4v) is 6.74. The SMILES string of the molecule is CC(NC(=O)C12CC3CC(CC(C3)C1)C2)C(=O)Nc1ccc(N2CCN(C)CC2)nc1. The summed E-state index contributed by atoms with van der Waals surface area (Å²) in [6.07, 6.45) is 8.66. The molecule has 2 N–H and O–H groups in total. The first-order valence-corrected chi connectivity index (χ1v) is 11.9. The minimum atomic E-state index is -0.558. The Kier molecular flexibility index (Phi) is 5.40. The smallest absolute Gasteiger partial charge is 0.246 e. The first kappa shape index (κ1) is 20.7. The lowest BCUT2D eigenvalue weighted by atomic mass is 9.49. The Balaban J connectivity index is 1.16. The summed E-state index contributed by atoms with van der Waals surface area (Å²) < 4.78 is 0. The number of hydrogen-bond acceptors (Lipinski definition) is 5. The predicted molar refractivity (Wildman–Crippen MR) is 121 cm³/mol. The van der Waals surface area contributed by atoms with Crippen LogP contribution in [0.25, 0.3) is 0 Å². The van der Waals surface area contributed by atoms with Crippen molar-refractivity contribution in [2.24, 2.45) is 23.2 Å². The van der Waals surface area contributed by atoms with E-state index in [1.165, 1.54) is 19.3 Å². The zero-order chi connectivity index (χ0) is 21.6. The van der Waals surface area contributed by atoms with Crippen LogP contribution in [0.2, 0.25) is 0 Å². The highest BCUT2D eigenvalue weighted by atomic mass is 16.2. The summed E-state index contributed by atoms with van der Waals surface area (Å²) in [6, 6.07) is 3.30. The molecule has 168 valence electrons. The van der Waals surface area contributed by atoms with E-state index >= 15 is 0 Å². The van der Waals surface area contributed by atoms with Crippen LogP contribution in [0.3, 0.4) is 0 Å². The summed E-state index contributed by atoms with van der Waals surface area (Å²) in [5.41, 5.74) is 0.438. The highest BCUT2D eigenvalue weighted by molar-refractivity contribution is 5.97. The Bertz CT molecular complexity index is 796. The molecule has 0 radical (unpaired) electrons. The molecular weight excluding hydrogens is 390 g/mol. The van der Waals surface area contributed by atoms with Gasteiger partial charge in [0.1, 0.15) is 11.9 Å². The van der Waals surface area contributed by atoms with Gasteiger partial charge in [0.25, 0.3) is 0 Å². The molecule has 1 saturated heterocycles. The normalized spacial score (nSPS) is 33.2. The van der Waals surface area contributed by atoms with Crippen molar-refractivity contribution < 1.29 is 9.59 Å². The number of aromatic nitrogens is 1. The van der Waals surface area contributed by atoms with E-state index in [1.807, 2.05) is 12.1 Å². The molecule has 7 heteroatoms. The maximum Gasteiger partial charge on any atom is 0.246 e. The lowest BCUT2D eigenvalue weighted by molar-refractivity contribution is -0.147. The molecule has 5 fully saturated rings. The maximum atomic E-state index is 13.2. The zero-order valence-corrected chi connectivity index (χ0v) is 18.8. The van der Waals surface area contributed by atoms with Crippen molar-refractivity contribution in [3.63, 3.8) is 0 Å². The maximum absolute atomic E-state index is 13.2. The second-order valence-corrected chi connectivity index (χ2v) is 10.6. The monoisotopic (exact) mass is 425 g/mol. The van der Waals surface area contributed by atoms with Crippen LogP contribution >= 0.6 is 0 Å². The number of rotatable bonds is 5. The molecule has 1 aromatic heterocycles. The molecule has 1 atom stereocenters. The van der Waals surface area contributed by atoms with Gasteiger partial charge in [-0.15, -0.1) is 0 Å². The average molecular weight is 426 g/mol. The number of carbonyl (C=O) groups excluding carboxylic acids is 2. The molecule has 4 aliphatic carbocycles. The van der Waals surface area contributed by atoms with E-state index in [1.54, 1.807) is 13.1 Å². The average Bonchev–Trinajstić information content (AvgIpc) is 2.74. The van der Waals surface area contributed by atoms with Crippen LogP contribution in [-0.4, -0.2) is 61.0 Å². The highest BCUT2D eigenvalue weighted by Crippen LogP contribution is 2.60. The first-order valence-electron chi connectivity index (χ1n) is 11.9. The van der Waals surface area contributed by atoms with Crippen molar-refractivity contribution in [3.05, 3.63) is 18.3 Å². The summed E-state index contributed by atoms with van der Waals surface area (Å²) in [4.78, 5) is 35.0. The predicted octanol–water partition coefficient (Wildman–Crippen LogP) is 2.49. The van der Waals surface area contributed by atoms with Gasteiger partial charge >= 0.3 is 0 Å². The fraction of sp³-hybridized carbons (Fsp3) is 0.708. The van der Waals surface area contributed by atoms with E-state index in [-0.39, 0.29) is 17.2 Å². The Hall–Kier alpha value is -2.15. The number of amides is 2. The van der Waals surface area contributed by atoms with Crippen molar-refractivity contribution in [3.8, 4) is 0 Å². The van der Waals surface area contributed by atoms with Crippen LogP contribution in [0.5, 0.6) is 0 Å². The lowest BCUT2D eigenvalue weighted by Gasteiger charge is -2.55. The van der Waals surface area contributed by atoms with Gasteiger partial charge in [-0.3, -0.25) is 9.59 Å². The van der Waals surface area contributed by atoms with E-state index in [2.05, 4.69) is 32.5 Å². The number of likely N-dealkylation sites (N-methyl/N-ethyl adjacent to an activating group) is 1. The van der Waals surface area contributed by atoms with Gasteiger partial charge in [0.15, 0.2) is 0 Å². The van der Waals surface area contributed by atoms with Crippen molar-refractivity contribution in [2.45, 2.75) is 51.5 Å². The van der Waals surface area contributed by atoms with Crippen LogP contribution in [-0.2, 0) is 9.59 Å². The van der Waals surface area contributed by atoms with Crippen LogP contribution < -0.4 is 15.5 Å². The van der Waals surface area contributed by atoms with Gasteiger partial charge in [0.2, 0.25) is 11.8 Å². The van der Waals surface area contributed by atoms with Gasteiger partial charge in [-0.05, 0) is 82.4 Å². The molecule has 31 heavy (non-hydrogen) atoms. The molecule has 4 saturated carbocycles. The number of nitrogens with one attached hydrogen (secondary N) is 2. The first-order chi connectivity index (χ1) is 14.9. The Labute approximate surface area is 185 Å². The van der Waals surface area contributed by atoms with Gasteiger partial charge < -0.3 is 20.4 Å². The van der Waals surface area contributed by atoms with Gasteiger partial charge in [0, 0.05) is 31.6 Å². The molecule has 1 aliphatic heterocycles. The van der Waals surface area contributed by atoms with E-state index in [0.717, 1.165) is 51.3 Å². The second kappa shape index (κ2) is 8.08. The highest BCUT2D eigenvalue weighted by Gasteiger charge is 2.54. The molecule has 0 aromatic carbocycles. The van der Waals surface area contributed by atoms with Gasteiger partial charge in [-0.25, -0.2) is 4.98 Å². The molecular formula is C24H35N5O2. The number of anilines is 2.